The number of aromatic nitrogens is 2. The van der Waals surface area contributed by atoms with Crippen LogP contribution in [0.25, 0.3) is 0 Å². The molecule has 0 aliphatic heterocycles. The molecule has 0 spiro atoms. The van der Waals surface area contributed by atoms with Crippen molar-refractivity contribution in [1.29, 1.82) is 0 Å². The number of hydrogen-bond acceptors (Lipinski definition) is 1. The van der Waals surface area contributed by atoms with Gasteiger partial charge in [0, 0.05) is 6.20 Å². The molecule has 0 aromatic carbocycles. The van der Waals surface area contributed by atoms with Crippen molar-refractivity contribution in [3.05, 3.63) is 16.2 Å². The van der Waals surface area contributed by atoms with Crippen LogP contribution in [0.3, 0.4) is 0 Å². The van der Waals surface area contributed by atoms with Crippen LogP contribution in [0.2, 0.25) is 0 Å². The quantitative estimate of drug-likeness (QED) is 0.607. The Kier molecular flexibility index (Phi) is 1.09. The molecule has 31 valence electrons. The molecule has 0 aliphatic carbocycles. The van der Waals surface area contributed by atoms with Crippen molar-refractivity contribution in [3.63, 3.8) is 0 Å². The maximum absolute atomic E-state index is 3.72. The highest BCUT2D eigenvalue weighted by Crippen LogP contribution is 1.92. The van der Waals surface area contributed by atoms with Gasteiger partial charge in [-0.05, 0) is 22.6 Å². The summed E-state index contributed by atoms with van der Waals surface area (Å²) in [7, 11) is 0. The van der Waals surface area contributed by atoms with E-state index in [-0.39, 0.29) is 0 Å². The lowest BCUT2D eigenvalue weighted by Crippen LogP contribution is -1.57. The van der Waals surface area contributed by atoms with Gasteiger partial charge in [-0.2, -0.15) is 0 Å². The van der Waals surface area contributed by atoms with Crippen LogP contribution < -0.4 is 0 Å². The molecule has 1 aromatic heterocycles. The first kappa shape index (κ1) is 4.11. The molecule has 0 saturated heterocycles. The molecule has 0 saturated carbocycles. The van der Waals surface area contributed by atoms with E-state index in [9.17, 15) is 0 Å². The number of H-pyrrole nitrogens is 1. The Bertz CT molecular complexity index is 112. The fraction of sp³-hybridized carbons (Fsp3) is 0. The van der Waals surface area contributed by atoms with Crippen LogP contribution in [0.15, 0.2) is 6.20 Å². The van der Waals surface area contributed by atoms with Gasteiger partial charge < -0.3 is 4.98 Å². The first-order valence-corrected chi connectivity index (χ1v) is 2.54. The fourth-order valence-electron chi connectivity index (χ4n) is 0.210. The maximum Gasteiger partial charge on any atom is 0.174 e. The molecular weight excluding hydrogens is 191 g/mol. The van der Waals surface area contributed by atoms with E-state index in [0.29, 0.717) is 0 Å². The predicted molar refractivity (Wildman–Crippen MR) is 30.1 cm³/mol. The summed E-state index contributed by atoms with van der Waals surface area (Å²) in [5, 5.41) is 0. The molecule has 1 radical (unpaired) electrons. The van der Waals surface area contributed by atoms with Crippen LogP contribution in [-0.4, -0.2) is 9.97 Å². The van der Waals surface area contributed by atoms with E-state index in [0.717, 1.165) is 3.70 Å². The maximum atomic E-state index is 3.72. The Labute approximate surface area is 49.1 Å². The average molecular weight is 193 g/mol. The predicted octanol–water partition coefficient (Wildman–Crippen LogP) is 0.814. The van der Waals surface area contributed by atoms with Gasteiger partial charge in [0.1, 0.15) is 3.70 Å². The van der Waals surface area contributed by atoms with Gasteiger partial charge in [-0.15, -0.1) is 0 Å². The second kappa shape index (κ2) is 1.59. The Hall–Kier alpha value is -0.0600. The van der Waals surface area contributed by atoms with Gasteiger partial charge in [-0.1, -0.05) is 0 Å². The number of aromatic amines is 1. The molecule has 3 heteroatoms. The van der Waals surface area contributed by atoms with E-state index in [1.165, 1.54) is 0 Å². The average Bonchev–Trinajstić information content (AvgIpc) is 1.86. The highest BCUT2D eigenvalue weighted by atomic mass is 127. The molecule has 0 aliphatic rings. The van der Waals surface area contributed by atoms with Crippen molar-refractivity contribution >= 4 is 22.6 Å². The molecular formula is C3H2IN2. The highest BCUT2D eigenvalue weighted by Gasteiger charge is 1.78. The Morgan fingerprint density at radius 3 is 3.00 bits per heavy atom. The number of halogens is 1. The smallest absolute Gasteiger partial charge is 0.174 e. The van der Waals surface area contributed by atoms with Crippen molar-refractivity contribution in [2.75, 3.05) is 0 Å². The lowest BCUT2D eigenvalue weighted by Gasteiger charge is -1.61. The van der Waals surface area contributed by atoms with Crippen LogP contribution in [0.1, 0.15) is 0 Å². The summed E-state index contributed by atoms with van der Waals surface area (Å²) in [6.45, 7) is 0. The van der Waals surface area contributed by atoms with Gasteiger partial charge in [0.25, 0.3) is 0 Å². The van der Waals surface area contributed by atoms with Gasteiger partial charge in [-0.3, -0.25) is 0 Å². The second-order valence-corrected chi connectivity index (χ2v) is 1.94. The topological polar surface area (TPSA) is 28.7 Å². The van der Waals surface area contributed by atoms with E-state index in [2.05, 4.69) is 38.9 Å². The van der Waals surface area contributed by atoms with Gasteiger partial charge in [0.15, 0.2) is 6.33 Å². The molecule has 0 atom stereocenters. The minimum absolute atomic E-state index is 0.951. The van der Waals surface area contributed by atoms with E-state index < -0.39 is 0 Å². The van der Waals surface area contributed by atoms with Crippen molar-refractivity contribution in [2.24, 2.45) is 0 Å². The molecule has 1 N–H and O–H groups in total. The second-order valence-electron chi connectivity index (χ2n) is 0.835. The monoisotopic (exact) mass is 193 g/mol. The standard InChI is InChI=1S/C3H2IN2/c4-3-1-5-2-6-3/h1H,(H,5,6). The number of rotatable bonds is 0. The van der Waals surface area contributed by atoms with Gasteiger partial charge in [0.05, 0.1) is 0 Å². The molecule has 1 aromatic rings. The van der Waals surface area contributed by atoms with Crippen molar-refractivity contribution in [1.82, 2.24) is 9.97 Å². The molecule has 1 heterocycles. The Balaban J connectivity index is 3.05. The third-order valence-corrected chi connectivity index (χ3v) is 0.971. The fourth-order valence-corrected chi connectivity index (χ4v) is 0.486. The number of nitrogens with one attached hydrogen (secondary N) is 1. The third kappa shape index (κ3) is 0.707. The normalized spacial score (nSPS) is 8.83. The van der Waals surface area contributed by atoms with Crippen molar-refractivity contribution in [3.8, 4) is 0 Å². The minimum atomic E-state index is 0.951. The third-order valence-electron chi connectivity index (χ3n) is 0.419. The van der Waals surface area contributed by atoms with Gasteiger partial charge in [-0.25, -0.2) is 4.98 Å². The SMILES string of the molecule is Ic1c[nH][c]n1. The summed E-state index contributed by atoms with van der Waals surface area (Å²) in [6, 6.07) is 0. The first-order chi connectivity index (χ1) is 2.89. The summed E-state index contributed by atoms with van der Waals surface area (Å²) in [6.07, 6.45) is 4.33. The molecule has 1 rings (SSSR count). The van der Waals surface area contributed by atoms with Gasteiger partial charge in [0.2, 0.25) is 0 Å². The summed E-state index contributed by atoms with van der Waals surface area (Å²) in [5.74, 6) is 0. The largest absolute Gasteiger partial charge is 0.341 e. The number of hydrogen-bond donors (Lipinski definition) is 1. The van der Waals surface area contributed by atoms with Crippen molar-refractivity contribution in [2.45, 2.75) is 0 Å². The summed E-state index contributed by atoms with van der Waals surface area (Å²) < 4.78 is 0.951. The number of imidazole rings is 1. The van der Waals surface area contributed by atoms with Crippen LogP contribution in [-0.2, 0) is 0 Å². The lowest BCUT2D eigenvalue weighted by molar-refractivity contribution is 1.27. The van der Waals surface area contributed by atoms with Crippen molar-refractivity contribution < 1.29 is 0 Å². The van der Waals surface area contributed by atoms with Crippen LogP contribution >= 0.6 is 22.6 Å². The molecule has 2 nitrogen and oxygen atoms in total. The summed E-state index contributed by atoms with van der Waals surface area (Å²) in [4.78, 5) is 6.41. The van der Waals surface area contributed by atoms with Crippen LogP contribution in [0, 0.1) is 10.0 Å². The first-order valence-electron chi connectivity index (χ1n) is 1.46. The zero-order valence-electron chi connectivity index (χ0n) is 2.90. The van der Waals surface area contributed by atoms with Crippen LogP contribution in [0.5, 0.6) is 0 Å². The summed E-state index contributed by atoms with van der Waals surface area (Å²) in [5.41, 5.74) is 0. The Morgan fingerprint density at radius 1 is 2.00 bits per heavy atom. The van der Waals surface area contributed by atoms with E-state index in [4.69, 9.17) is 0 Å². The zero-order valence-corrected chi connectivity index (χ0v) is 5.06. The van der Waals surface area contributed by atoms with Crippen LogP contribution in [0.4, 0.5) is 0 Å². The lowest BCUT2D eigenvalue weighted by atomic mass is 11.0. The molecule has 0 fully saturated rings. The summed E-state index contributed by atoms with van der Waals surface area (Å²) >= 11 is 2.10. The molecule has 0 unspecified atom stereocenters. The molecule has 0 bridgehead atoms. The molecule has 6 heavy (non-hydrogen) atoms. The van der Waals surface area contributed by atoms with E-state index in [1.54, 1.807) is 6.20 Å². The van der Waals surface area contributed by atoms with Gasteiger partial charge >= 0.3 is 0 Å². The Morgan fingerprint density at radius 2 is 2.83 bits per heavy atom. The van der Waals surface area contributed by atoms with E-state index >= 15 is 0 Å². The highest BCUT2D eigenvalue weighted by molar-refractivity contribution is 14.1. The minimum Gasteiger partial charge on any atom is -0.341 e. The molecule has 0 amide bonds. The number of nitrogens with zero attached hydrogens (tertiary/aromatic N) is 1. The van der Waals surface area contributed by atoms with E-state index in [1.807, 2.05) is 0 Å². The zero-order chi connectivity index (χ0) is 4.41.